The Labute approximate surface area is 127 Å². The lowest BCUT2D eigenvalue weighted by atomic mass is 10.1. The van der Waals surface area contributed by atoms with E-state index >= 15 is 0 Å². The molecule has 0 radical (unpaired) electrons. The first kappa shape index (κ1) is 15.1. The van der Waals surface area contributed by atoms with E-state index in [4.69, 9.17) is 23.2 Å². The molecule has 0 aliphatic rings. The van der Waals surface area contributed by atoms with Crippen LogP contribution in [0.25, 0.3) is 0 Å². The van der Waals surface area contributed by atoms with Crippen LogP contribution in [0.4, 0.5) is 4.39 Å². The fourth-order valence-electron chi connectivity index (χ4n) is 1.89. The second-order valence-electron chi connectivity index (χ2n) is 4.55. The van der Waals surface area contributed by atoms with Gasteiger partial charge >= 0.3 is 0 Å². The lowest BCUT2D eigenvalue weighted by Gasteiger charge is -2.15. The van der Waals surface area contributed by atoms with Crippen LogP contribution < -0.4 is 5.32 Å². The second-order valence-corrected chi connectivity index (χ2v) is 5.39. The lowest BCUT2D eigenvalue weighted by molar-refractivity contribution is 0.460. The molecule has 2 rings (SSSR count). The lowest BCUT2D eigenvalue weighted by Crippen LogP contribution is -2.18. The molecule has 2 aromatic carbocycles. The third-order valence-electron chi connectivity index (χ3n) is 3.08. The van der Waals surface area contributed by atoms with Gasteiger partial charge in [0.2, 0.25) is 0 Å². The molecule has 2 nitrogen and oxygen atoms in total. The van der Waals surface area contributed by atoms with Crippen molar-refractivity contribution in [1.29, 1.82) is 0 Å². The van der Waals surface area contributed by atoms with Gasteiger partial charge in [0.1, 0.15) is 11.6 Å². The molecule has 0 bridgehead atoms. The molecule has 20 heavy (non-hydrogen) atoms. The molecule has 0 saturated heterocycles. The van der Waals surface area contributed by atoms with Crippen molar-refractivity contribution in [2.45, 2.75) is 19.5 Å². The summed E-state index contributed by atoms with van der Waals surface area (Å²) in [6, 6.07) is 9.43. The summed E-state index contributed by atoms with van der Waals surface area (Å²) in [5, 5.41) is 13.8. The summed E-state index contributed by atoms with van der Waals surface area (Å²) < 4.78 is 12.9. The second kappa shape index (κ2) is 6.44. The zero-order valence-corrected chi connectivity index (χ0v) is 12.3. The van der Waals surface area contributed by atoms with Gasteiger partial charge in [0.15, 0.2) is 0 Å². The van der Waals surface area contributed by atoms with Crippen molar-refractivity contribution in [2.75, 3.05) is 0 Å². The van der Waals surface area contributed by atoms with E-state index in [1.165, 1.54) is 18.2 Å². The van der Waals surface area contributed by atoms with Crippen LogP contribution in [-0.2, 0) is 6.54 Å². The van der Waals surface area contributed by atoms with Gasteiger partial charge < -0.3 is 10.4 Å². The molecule has 0 heterocycles. The van der Waals surface area contributed by atoms with E-state index in [9.17, 15) is 9.50 Å². The van der Waals surface area contributed by atoms with Gasteiger partial charge in [-0.15, -0.1) is 0 Å². The summed E-state index contributed by atoms with van der Waals surface area (Å²) in [6.07, 6.45) is 0. The molecular formula is C15H14Cl2FNO. The zero-order chi connectivity index (χ0) is 14.7. The molecule has 0 aliphatic carbocycles. The number of phenolic OH excluding ortho intramolecular Hbond substituents is 1. The van der Waals surface area contributed by atoms with Crippen LogP contribution in [0.2, 0.25) is 10.0 Å². The highest BCUT2D eigenvalue weighted by Crippen LogP contribution is 2.31. The third-order valence-corrected chi connectivity index (χ3v) is 3.58. The Kier molecular flexibility index (Phi) is 4.86. The number of aromatic hydroxyl groups is 1. The van der Waals surface area contributed by atoms with Crippen molar-refractivity contribution in [3.63, 3.8) is 0 Å². The first-order chi connectivity index (χ1) is 9.47. The van der Waals surface area contributed by atoms with Crippen molar-refractivity contribution in [3.8, 4) is 5.75 Å². The number of hydrogen-bond donors (Lipinski definition) is 2. The third kappa shape index (κ3) is 3.63. The van der Waals surface area contributed by atoms with Crippen LogP contribution in [-0.4, -0.2) is 5.11 Å². The highest BCUT2D eigenvalue weighted by molar-refractivity contribution is 6.35. The highest BCUT2D eigenvalue weighted by atomic mass is 35.5. The number of phenols is 1. The van der Waals surface area contributed by atoms with Gasteiger partial charge in [-0.25, -0.2) is 4.39 Å². The maximum Gasteiger partial charge on any atom is 0.138 e. The number of hydrogen-bond acceptors (Lipinski definition) is 2. The minimum absolute atomic E-state index is 0.00718. The minimum atomic E-state index is -0.264. The average Bonchev–Trinajstić information content (AvgIpc) is 2.41. The van der Waals surface area contributed by atoms with E-state index in [1.807, 2.05) is 6.92 Å². The highest BCUT2D eigenvalue weighted by Gasteiger charge is 2.10. The van der Waals surface area contributed by atoms with E-state index < -0.39 is 0 Å². The van der Waals surface area contributed by atoms with Crippen molar-refractivity contribution >= 4 is 23.2 Å². The van der Waals surface area contributed by atoms with Gasteiger partial charge in [0, 0.05) is 23.2 Å². The molecule has 0 saturated carbocycles. The van der Waals surface area contributed by atoms with Gasteiger partial charge in [-0.05, 0) is 36.8 Å². The summed E-state index contributed by atoms with van der Waals surface area (Å²) in [4.78, 5) is 0. The Hall–Kier alpha value is -1.29. The molecule has 1 atom stereocenters. The molecule has 0 unspecified atom stereocenters. The van der Waals surface area contributed by atoms with Gasteiger partial charge in [0.05, 0.1) is 5.02 Å². The van der Waals surface area contributed by atoms with E-state index in [1.54, 1.807) is 18.2 Å². The molecule has 2 aromatic rings. The maximum atomic E-state index is 12.9. The number of nitrogens with one attached hydrogen (secondary N) is 1. The summed E-state index contributed by atoms with van der Waals surface area (Å²) in [7, 11) is 0. The minimum Gasteiger partial charge on any atom is -0.506 e. The number of benzene rings is 2. The molecular weight excluding hydrogens is 300 g/mol. The van der Waals surface area contributed by atoms with Crippen molar-refractivity contribution in [3.05, 3.63) is 63.4 Å². The quantitative estimate of drug-likeness (QED) is 0.858. The van der Waals surface area contributed by atoms with Crippen LogP contribution in [0, 0.1) is 5.82 Å². The average molecular weight is 314 g/mol. The number of rotatable bonds is 4. The Morgan fingerprint density at radius 3 is 2.50 bits per heavy atom. The normalized spacial score (nSPS) is 12.4. The monoisotopic (exact) mass is 313 g/mol. The Balaban J connectivity index is 2.07. The molecule has 0 fully saturated rings. The van der Waals surface area contributed by atoms with Gasteiger partial charge in [0.25, 0.3) is 0 Å². The number of halogens is 3. The van der Waals surface area contributed by atoms with E-state index in [-0.39, 0.29) is 22.6 Å². The van der Waals surface area contributed by atoms with Crippen LogP contribution >= 0.6 is 23.2 Å². The van der Waals surface area contributed by atoms with Crippen LogP contribution in [0.1, 0.15) is 24.1 Å². The van der Waals surface area contributed by atoms with Crippen molar-refractivity contribution in [1.82, 2.24) is 5.32 Å². The summed E-state index contributed by atoms with van der Waals surface area (Å²) in [6.45, 7) is 2.36. The van der Waals surface area contributed by atoms with E-state index in [2.05, 4.69) is 5.32 Å². The Morgan fingerprint density at radius 1 is 1.20 bits per heavy atom. The maximum absolute atomic E-state index is 12.9. The molecule has 2 N–H and O–H groups in total. The van der Waals surface area contributed by atoms with Gasteiger partial charge in [-0.2, -0.15) is 0 Å². The fourth-order valence-corrected chi connectivity index (χ4v) is 2.42. The Bertz CT molecular complexity index is 602. The van der Waals surface area contributed by atoms with Crippen molar-refractivity contribution in [2.24, 2.45) is 0 Å². The Morgan fingerprint density at radius 2 is 1.85 bits per heavy atom. The summed E-state index contributed by atoms with van der Waals surface area (Å²) in [5.41, 5.74) is 1.58. The molecule has 5 heteroatoms. The molecule has 0 amide bonds. The smallest absolute Gasteiger partial charge is 0.138 e. The molecule has 0 aliphatic heterocycles. The fraction of sp³-hybridized carbons (Fsp3) is 0.200. The van der Waals surface area contributed by atoms with Gasteiger partial charge in [-0.3, -0.25) is 0 Å². The van der Waals surface area contributed by atoms with Gasteiger partial charge in [-0.1, -0.05) is 35.3 Å². The largest absolute Gasteiger partial charge is 0.506 e. The van der Waals surface area contributed by atoms with Crippen LogP contribution in [0.5, 0.6) is 5.75 Å². The SMILES string of the molecule is C[C@@H](NCc1cc(Cl)cc(Cl)c1O)c1ccc(F)cc1. The standard InChI is InChI=1S/C15H14Cl2FNO/c1-9(10-2-4-13(18)5-3-10)19-8-11-6-12(16)7-14(17)15(11)20/h2-7,9,19-20H,8H2,1H3/t9-/m1/s1. The first-order valence-electron chi connectivity index (χ1n) is 6.13. The van der Waals surface area contributed by atoms with Crippen LogP contribution in [0.3, 0.4) is 0 Å². The molecule has 106 valence electrons. The van der Waals surface area contributed by atoms with E-state index in [0.29, 0.717) is 17.1 Å². The van der Waals surface area contributed by atoms with Crippen LogP contribution in [0.15, 0.2) is 36.4 Å². The predicted molar refractivity (Wildman–Crippen MR) is 79.8 cm³/mol. The van der Waals surface area contributed by atoms with E-state index in [0.717, 1.165) is 5.56 Å². The summed E-state index contributed by atoms with van der Waals surface area (Å²) >= 11 is 11.8. The first-order valence-corrected chi connectivity index (χ1v) is 6.88. The predicted octanol–water partition coefficient (Wildman–Crippen LogP) is 4.69. The zero-order valence-electron chi connectivity index (χ0n) is 10.8. The molecule has 0 aromatic heterocycles. The van der Waals surface area contributed by atoms with Crippen molar-refractivity contribution < 1.29 is 9.50 Å². The topological polar surface area (TPSA) is 32.3 Å². The summed E-state index contributed by atoms with van der Waals surface area (Å²) in [5.74, 6) is -0.241. The molecule has 0 spiro atoms.